The van der Waals surface area contributed by atoms with E-state index in [0.717, 1.165) is 0 Å². The minimum Gasteiger partial charge on any atom is -0.467 e. The van der Waals surface area contributed by atoms with Crippen molar-refractivity contribution in [1.82, 2.24) is 4.90 Å². The Morgan fingerprint density at radius 3 is 2.68 bits per heavy atom. The van der Waals surface area contributed by atoms with Gasteiger partial charge in [0.25, 0.3) is 0 Å². The van der Waals surface area contributed by atoms with Gasteiger partial charge in [-0.15, -0.1) is 0 Å². The second-order valence-corrected chi connectivity index (χ2v) is 9.14. The van der Waals surface area contributed by atoms with Gasteiger partial charge in [0.15, 0.2) is 9.84 Å². The maximum Gasteiger partial charge on any atom is 0.227 e. The van der Waals surface area contributed by atoms with Gasteiger partial charge < -0.3 is 9.32 Å². The highest BCUT2D eigenvalue weighted by molar-refractivity contribution is 7.91. The van der Waals surface area contributed by atoms with E-state index < -0.39 is 9.84 Å². The van der Waals surface area contributed by atoms with Crippen LogP contribution in [0.25, 0.3) is 0 Å². The van der Waals surface area contributed by atoms with E-state index in [2.05, 4.69) is 0 Å². The molecule has 1 fully saturated rings. The largest absolute Gasteiger partial charge is 0.467 e. The molecule has 2 heterocycles. The van der Waals surface area contributed by atoms with Crippen LogP contribution in [-0.2, 0) is 27.6 Å². The summed E-state index contributed by atoms with van der Waals surface area (Å²) in [4.78, 5) is 14.4. The van der Waals surface area contributed by atoms with Crippen molar-refractivity contribution < 1.29 is 17.6 Å². The first-order chi connectivity index (χ1) is 11.8. The summed E-state index contributed by atoms with van der Waals surface area (Å²) >= 11 is 12.0. The number of nitrogens with zero attached hydrogens (tertiary/aromatic N) is 1. The minimum absolute atomic E-state index is 0.0200. The molecule has 0 spiro atoms. The third-order valence-corrected chi connectivity index (χ3v) is 6.57. The van der Waals surface area contributed by atoms with Gasteiger partial charge in [0.05, 0.1) is 30.7 Å². The Labute approximate surface area is 156 Å². The molecule has 5 nitrogen and oxygen atoms in total. The summed E-state index contributed by atoms with van der Waals surface area (Å²) in [7, 11) is -3.11. The first-order valence-electron chi connectivity index (χ1n) is 7.80. The fraction of sp³-hybridized carbons (Fsp3) is 0.353. The van der Waals surface area contributed by atoms with Crippen LogP contribution in [0.5, 0.6) is 0 Å². The molecule has 1 amide bonds. The van der Waals surface area contributed by atoms with Crippen molar-refractivity contribution in [1.29, 1.82) is 0 Å². The second kappa shape index (κ2) is 7.40. The van der Waals surface area contributed by atoms with Crippen LogP contribution in [0.4, 0.5) is 0 Å². The van der Waals surface area contributed by atoms with Crippen molar-refractivity contribution in [2.45, 2.75) is 25.4 Å². The number of hydrogen-bond acceptors (Lipinski definition) is 4. The van der Waals surface area contributed by atoms with Gasteiger partial charge >= 0.3 is 0 Å². The molecule has 0 N–H and O–H groups in total. The molecule has 0 aliphatic carbocycles. The lowest BCUT2D eigenvalue weighted by Crippen LogP contribution is -2.41. The Kier molecular flexibility index (Phi) is 5.41. The van der Waals surface area contributed by atoms with Crippen LogP contribution in [0.3, 0.4) is 0 Å². The van der Waals surface area contributed by atoms with Gasteiger partial charge in [-0.1, -0.05) is 29.3 Å². The molecular formula is C17H17Cl2NO4S. The molecule has 1 unspecified atom stereocenters. The number of carbonyl (C=O) groups excluding carboxylic acids is 1. The highest BCUT2D eigenvalue weighted by atomic mass is 35.5. The second-order valence-electron chi connectivity index (χ2n) is 6.07. The maximum absolute atomic E-state index is 12.9. The van der Waals surface area contributed by atoms with E-state index in [1.54, 1.807) is 35.2 Å². The van der Waals surface area contributed by atoms with Gasteiger partial charge in [-0.25, -0.2) is 8.42 Å². The fourth-order valence-electron chi connectivity index (χ4n) is 2.94. The highest BCUT2D eigenvalue weighted by Gasteiger charge is 2.35. The Bertz CT molecular complexity index is 865. The molecule has 1 saturated heterocycles. The molecule has 1 aromatic heterocycles. The molecule has 1 aliphatic heterocycles. The number of halogens is 2. The zero-order valence-corrected chi connectivity index (χ0v) is 15.6. The summed E-state index contributed by atoms with van der Waals surface area (Å²) in [5, 5.41) is 0.911. The molecule has 2 aromatic rings. The topological polar surface area (TPSA) is 67.6 Å². The van der Waals surface area contributed by atoms with E-state index in [9.17, 15) is 13.2 Å². The van der Waals surface area contributed by atoms with Crippen molar-refractivity contribution in [3.63, 3.8) is 0 Å². The van der Waals surface area contributed by atoms with Crippen LogP contribution in [0, 0.1) is 0 Å². The van der Waals surface area contributed by atoms with Crippen LogP contribution in [0.15, 0.2) is 41.0 Å². The summed E-state index contributed by atoms with van der Waals surface area (Å²) in [6.45, 7) is 0.233. The molecule has 134 valence electrons. The minimum atomic E-state index is -3.11. The van der Waals surface area contributed by atoms with Crippen molar-refractivity contribution >= 4 is 38.9 Å². The lowest BCUT2D eigenvalue weighted by Gasteiger charge is -2.27. The van der Waals surface area contributed by atoms with Crippen molar-refractivity contribution in [2.24, 2.45) is 0 Å². The molecule has 1 aliphatic rings. The Hall–Kier alpha value is -1.50. The number of carbonyl (C=O) groups is 1. The standard InChI is InChI=1S/C17H17Cl2NO4S/c18-13-4-3-12(16(19)9-13)8-17(21)20(10-15-2-1-6-24-15)14-5-7-25(22,23)11-14/h1-4,6,9,14H,5,7-8,10-11H2. The van der Waals surface area contributed by atoms with Crippen molar-refractivity contribution in [3.05, 3.63) is 58.0 Å². The van der Waals surface area contributed by atoms with Crippen LogP contribution < -0.4 is 0 Å². The molecule has 3 rings (SSSR count). The van der Waals surface area contributed by atoms with Gasteiger partial charge in [0.1, 0.15) is 5.76 Å². The Balaban J connectivity index is 1.81. The van der Waals surface area contributed by atoms with E-state index in [1.165, 1.54) is 6.26 Å². The molecule has 0 saturated carbocycles. The number of benzene rings is 1. The van der Waals surface area contributed by atoms with Crippen LogP contribution in [0.1, 0.15) is 17.7 Å². The lowest BCUT2D eigenvalue weighted by atomic mass is 10.1. The van der Waals surface area contributed by atoms with E-state index in [1.807, 2.05) is 0 Å². The third-order valence-electron chi connectivity index (χ3n) is 4.23. The number of sulfone groups is 1. The van der Waals surface area contributed by atoms with Gasteiger partial charge in [0.2, 0.25) is 5.91 Å². The first-order valence-corrected chi connectivity index (χ1v) is 10.4. The molecule has 8 heteroatoms. The van der Waals surface area contributed by atoms with Crippen molar-refractivity contribution in [2.75, 3.05) is 11.5 Å². The molecular weight excluding hydrogens is 385 g/mol. The monoisotopic (exact) mass is 401 g/mol. The highest BCUT2D eigenvalue weighted by Crippen LogP contribution is 2.25. The van der Waals surface area contributed by atoms with Gasteiger partial charge in [-0.3, -0.25) is 4.79 Å². The SMILES string of the molecule is O=C(Cc1ccc(Cl)cc1Cl)N(Cc1ccco1)C1CCS(=O)(=O)C1. The first kappa shape index (κ1) is 18.3. The average Bonchev–Trinajstić information content (AvgIpc) is 3.16. The summed E-state index contributed by atoms with van der Waals surface area (Å²) in [6, 6.07) is 8.11. The Morgan fingerprint density at radius 1 is 1.28 bits per heavy atom. The Morgan fingerprint density at radius 2 is 2.08 bits per heavy atom. The number of furan rings is 1. The van der Waals surface area contributed by atoms with Gasteiger partial charge in [-0.05, 0) is 36.2 Å². The normalized spacial score (nSPS) is 19.0. The molecule has 0 bridgehead atoms. The van der Waals surface area contributed by atoms with Gasteiger partial charge in [0, 0.05) is 16.1 Å². The molecule has 25 heavy (non-hydrogen) atoms. The predicted molar refractivity (Wildman–Crippen MR) is 96.5 cm³/mol. The quantitative estimate of drug-likeness (QED) is 0.770. The van der Waals surface area contributed by atoms with Crippen LogP contribution in [0.2, 0.25) is 10.0 Å². The zero-order valence-electron chi connectivity index (χ0n) is 13.3. The summed E-state index contributed by atoms with van der Waals surface area (Å²) < 4.78 is 29.0. The smallest absolute Gasteiger partial charge is 0.227 e. The molecule has 1 aromatic carbocycles. The summed E-state index contributed by atoms with van der Waals surface area (Å²) in [6.07, 6.45) is 2.04. The van der Waals surface area contributed by atoms with E-state index in [4.69, 9.17) is 27.6 Å². The van der Waals surface area contributed by atoms with Crippen molar-refractivity contribution in [3.8, 4) is 0 Å². The average molecular weight is 402 g/mol. The summed E-state index contributed by atoms with van der Waals surface area (Å²) in [5.74, 6) is 0.498. The molecule has 1 atom stereocenters. The maximum atomic E-state index is 12.9. The van der Waals surface area contributed by atoms with Crippen LogP contribution in [-0.4, -0.2) is 36.8 Å². The van der Waals surface area contributed by atoms with E-state index in [0.29, 0.717) is 27.8 Å². The number of amides is 1. The lowest BCUT2D eigenvalue weighted by molar-refractivity contribution is -0.133. The zero-order chi connectivity index (χ0) is 18.0. The van der Waals surface area contributed by atoms with E-state index >= 15 is 0 Å². The predicted octanol–water partition coefficient (Wildman–Crippen LogP) is 3.34. The van der Waals surface area contributed by atoms with Crippen LogP contribution >= 0.6 is 23.2 Å². The van der Waals surface area contributed by atoms with E-state index in [-0.39, 0.29) is 36.4 Å². The number of hydrogen-bond donors (Lipinski definition) is 0. The van der Waals surface area contributed by atoms with Gasteiger partial charge in [-0.2, -0.15) is 0 Å². The summed E-state index contributed by atoms with van der Waals surface area (Å²) in [5.41, 5.74) is 0.654. The molecule has 0 radical (unpaired) electrons. The number of rotatable bonds is 5. The third kappa shape index (κ3) is 4.57. The fourth-order valence-corrected chi connectivity index (χ4v) is 5.15.